The molecule has 0 unspecified atom stereocenters. The van der Waals surface area contributed by atoms with Gasteiger partial charge in [0.2, 0.25) is 0 Å². The number of nitrogen functional groups attached to an aromatic ring is 1. The van der Waals surface area contributed by atoms with Crippen molar-refractivity contribution in [3.8, 4) is 0 Å². The van der Waals surface area contributed by atoms with Crippen molar-refractivity contribution in [3.63, 3.8) is 0 Å². The lowest BCUT2D eigenvalue weighted by molar-refractivity contribution is 0.620. The number of halogens is 2. The minimum Gasteiger partial charge on any atom is -0.397 e. The maximum absolute atomic E-state index is 13.1. The molecule has 0 radical (unpaired) electrons. The van der Waals surface area contributed by atoms with Gasteiger partial charge in [-0.25, -0.2) is 4.39 Å². The fourth-order valence-corrected chi connectivity index (χ4v) is 2.07. The molecule has 0 amide bonds. The summed E-state index contributed by atoms with van der Waals surface area (Å²) in [6.07, 6.45) is 3.04. The normalized spacial score (nSPS) is 14.8. The number of benzene rings is 1. The van der Waals surface area contributed by atoms with E-state index in [1.54, 1.807) is 6.07 Å². The molecule has 1 aromatic carbocycles. The molecule has 0 spiro atoms. The van der Waals surface area contributed by atoms with Gasteiger partial charge in [-0.3, -0.25) is 0 Å². The fourth-order valence-electron chi connectivity index (χ4n) is 1.71. The van der Waals surface area contributed by atoms with Crippen molar-refractivity contribution in [3.05, 3.63) is 27.5 Å². The molecule has 1 nitrogen and oxygen atoms in total. The van der Waals surface area contributed by atoms with Crippen molar-refractivity contribution in [1.29, 1.82) is 0 Å². The van der Waals surface area contributed by atoms with Gasteiger partial charge in [0, 0.05) is 0 Å². The SMILES string of the molecule is Nc1c(Br)c(F)cc2c1CCC2. The topological polar surface area (TPSA) is 26.0 Å². The molecule has 0 heterocycles. The number of hydrogen-bond donors (Lipinski definition) is 1. The van der Waals surface area contributed by atoms with Gasteiger partial charge in [-0.05, 0) is 52.4 Å². The fraction of sp³-hybridized carbons (Fsp3) is 0.333. The van der Waals surface area contributed by atoms with Crippen LogP contribution in [0.5, 0.6) is 0 Å². The van der Waals surface area contributed by atoms with E-state index in [0.29, 0.717) is 10.2 Å². The van der Waals surface area contributed by atoms with Crippen molar-refractivity contribution in [2.24, 2.45) is 0 Å². The summed E-state index contributed by atoms with van der Waals surface area (Å²) in [5, 5.41) is 0. The summed E-state index contributed by atoms with van der Waals surface area (Å²) in [5.41, 5.74) is 8.54. The van der Waals surface area contributed by atoms with Crippen LogP contribution >= 0.6 is 15.9 Å². The summed E-state index contributed by atoms with van der Waals surface area (Å²) in [7, 11) is 0. The van der Waals surface area contributed by atoms with Gasteiger partial charge >= 0.3 is 0 Å². The molecule has 0 aromatic heterocycles. The zero-order valence-corrected chi connectivity index (χ0v) is 8.12. The molecule has 64 valence electrons. The van der Waals surface area contributed by atoms with E-state index >= 15 is 0 Å². The largest absolute Gasteiger partial charge is 0.397 e. The van der Waals surface area contributed by atoms with Crippen molar-refractivity contribution >= 4 is 21.6 Å². The molecule has 0 atom stereocenters. The third-order valence-corrected chi connectivity index (χ3v) is 3.14. The van der Waals surface area contributed by atoms with Crippen LogP contribution in [0.25, 0.3) is 0 Å². The molecule has 0 saturated heterocycles. The second kappa shape index (κ2) is 2.73. The van der Waals surface area contributed by atoms with Crippen molar-refractivity contribution in [2.45, 2.75) is 19.3 Å². The number of hydrogen-bond acceptors (Lipinski definition) is 1. The maximum atomic E-state index is 13.1. The highest BCUT2D eigenvalue weighted by Gasteiger charge is 2.18. The Morgan fingerprint density at radius 1 is 1.42 bits per heavy atom. The molecule has 12 heavy (non-hydrogen) atoms. The lowest BCUT2D eigenvalue weighted by atomic mass is 10.1. The highest BCUT2D eigenvalue weighted by molar-refractivity contribution is 9.10. The second-order valence-electron chi connectivity index (χ2n) is 3.08. The lowest BCUT2D eigenvalue weighted by Crippen LogP contribution is -1.97. The first-order valence-corrected chi connectivity index (χ1v) is 4.74. The summed E-state index contributed by atoms with van der Waals surface area (Å²) < 4.78 is 13.5. The highest BCUT2D eigenvalue weighted by atomic mass is 79.9. The number of rotatable bonds is 0. The van der Waals surface area contributed by atoms with Crippen LogP contribution in [0.4, 0.5) is 10.1 Å². The van der Waals surface area contributed by atoms with E-state index in [2.05, 4.69) is 15.9 Å². The Labute approximate surface area is 78.9 Å². The Morgan fingerprint density at radius 2 is 2.17 bits per heavy atom. The number of nitrogens with two attached hydrogens (primary N) is 1. The summed E-state index contributed by atoms with van der Waals surface area (Å²) in [6, 6.07) is 1.59. The molecule has 2 N–H and O–H groups in total. The quantitative estimate of drug-likeness (QED) is 0.681. The van der Waals surface area contributed by atoms with Crippen molar-refractivity contribution in [2.75, 3.05) is 5.73 Å². The molecular weight excluding hydrogens is 221 g/mol. The van der Waals surface area contributed by atoms with Gasteiger partial charge in [-0.15, -0.1) is 0 Å². The Morgan fingerprint density at radius 3 is 2.92 bits per heavy atom. The predicted octanol–water partition coefficient (Wildman–Crippen LogP) is 2.66. The molecular formula is C9H9BrFN. The zero-order valence-electron chi connectivity index (χ0n) is 6.53. The van der Waals surface area contributed by atoms with Crippen LogP contribution in [0.2, 0.25) is 0 Å². The first kappa shape index (κ1) is 8.05. The summed E-state index contributed by atoms with van der Waals surface area (Å²) in [5.74, 6) is -0.242. The zero-order chi connectivity index (χ0) is 8.72. The highest BCUT2D eigenvalue weighted by Crippen LogP contribution is 2.34. The van der Waals surface area contributed by atoms with E-state index in [1.165, 1.54) is 0 Å². The minimum atomic E-state index is -0.242. The summed E-state index contributed by atoms with van der Waals surface area (Å²) >= 11 is 3.13. The van der Waals surface area contributed by atoms with Crippen LogP contribution in [0, 0.1) is 5.82 Å². The third-order valence-electron chi connectivity index (χ3n) is 2.33. The standard InChI is InChI=1S/C9H9BrFN/c10-8-7(11)4-5-2-1-3-6(5)9(8)12/h4H,1-3,12H2. The summed E-state index contributed by atoms with van der Waals surface area (Å²) in [6.45, 7) is 0. The average molecular weight is 230 g/mol. The average Bonchev–Trinajstić information content (AvgIpc) is 2.48. The van der Waals surface area contributed by atoms with Gasteiger partial charge < -0.3 is 5.73 Å². The monoisotopic (exact) mass is 229 g/mol. The van der Waals surface area contributed by atoms with E-state index in [9.17, 15) is 4.39 Å². The summed E-state index contributed by atoms with van der Waals surface area (Å²) in [4.78, 5) is 0. The van der Waals surface area contributed by atoms with Crippen molar-refractivity contribution in [1.82, 2.24) is 0 Å². The molecule has 0 fully saturated rings. The van der Waals surface area contributed by atoms with E-state index in [0.717, 1.165) is 30.4 Å². The minimum absolute atomic E-state index is 0.242. The molecule has 3 heteroatoms. The van der Waals surface area contributed by atoms with Crippen LogP contribution in [-0.2, 0) is 12.8 Å². The van der Waals surface area contributed by atoms with Gasteiger partial charge in [-0.2, -0.15) is 0 Å². The van der Waals surface area contributed by atoms with Gasteiger partial charge in [0.1, 0.15) is 5.82 Å². The molecule has 0 aliphatic heterocycles. The Balaban J connectivity index is 2.67. The molecule has 0 saturated carbocycles. The first-order valence-electron chi connectivity index (χ1n) is 3.95. The smallest absolute Gasteiger partial charge is 0.139 e. The number of aryl methyl sites for hydroxylation is 1. The Kier molecular flexibility index (Phi) is 1.83. The van der Waals surface area contributed by atoms with E-state index in [4.69, 9.17) is 5.73 Å². The van der Waals surface area contributed by atoms with Crippen molar-refractivity contribution < 1.29 is 4.39 Å². The van der Waals surface area contributed by atoms with Gasteiger partial charge in [0.05, 0.1) is 10.2 Å². The third kappa shape index (κ3) is 1.04. The molecule has 0 bridgehead atoms. The molecule has 1 aliphatic rings. The van der Waals surface area contributed by atoms with Gasteiger partial charge in [0.25, 0.3) is 0 Å². The second-order valence-corrected chi connectivity index (χ2v) is 3.87. The van der Waals surface area contributed by atoms with Crippen LogP contribution < -0.4 is 5.73 Å². The number of anilines is 1. The molecule has 2 rings (SSSR count). The van der Waals surface area contributed by atoms with Gasteiger partial charge in [0.15, 0.2) is 0 Å². The van der Waals surface area contributed by atoms with Crippen LogP contribution in [0.1, 0.15) is 17.5 Å². The van der Waals surface area contributed by atoms with Gasteiger partial charge in [-0.1, -0.05) is 0 Å². The molecule has 1 aliphatic carbocycles. The Bertz CT molecular complexity index is 336. The maximum Gasteiger partial charge on any atom is 0.139 e. The van der Waals surface area contributed by atoms with E-state index in [1.807, 2.05) is 0 Å². The first-order chi connectivity index (χ1) is 5.70. The predicted molar refractivity (Wildman–Crippen MR) is 50.5 cm³/mol. The lowest BCUT2D eigenvalue weighted by Gasteiger charge is -2.06. The van der Waals surface area contributed by atoms with E-state index < -0.39 is 0 Å². The van der Waals surface area contributed by atoms with Crippen LogP contribution in [-0.4, -0.2) is 0 Å². The van der Waals surface area contributed by atoms with Crippen LogP contribution in [0.15, 0.2) is 10.5 Å². The molecule has 1 aromatic rings. The van der Waals surface area contributed by atoms with Crippen LogP contribution in [0.3, 0.4) is 0 Å². The van der Waals surface area contributed by atoms with E-state index in [-0.39, 0.29) is 5.82 Å². The Hall–Kier alpha value is -0.570. The number of fused-ring (bicyclic) bond motifs is 1.